The summed E-state index contributed by atoms with van der Waals surface area (Å²) in [6.45, 7) is 10.5. The molecule has 1 aliphatic rings. The lowest BCUT2D eigenvalue weighted by Gasteiger charge is -2.32. The Hall–Kier alpha value is -2.14. The molecule has 4 nitrogen and oxygen atoms in total. The van der Waals surface area contributed by atoms with Crippen LogP contribution in [0.3, 0.4) is 0 Å². The van der Waals surface area contributed by atoms with Gasteiger partial charge in [-0.2, -0.15) is 0 Å². The molecule has 2 aromatic heterocycles. The fraction of sp³-hybridized carbons (Fsp3) is 0.368. The first-order valence-electron chi connectivity index (χ1n) is 8.11. The van der Waals surface area contributed by atoms with Gasteiger partial charge < -0.3 is 11.5 Å². The van der Waals surface area contributed by atoms with Gasteiger partial charge in [0.05, 0.1) is 5.69 Å². The van der Waals surface area contributed by atoms with Gasteiger partial charge in [0.25, 0.3) is 5.91 Å². The number of fused-ring (bicyclic) bond motifs is 2. The van der Waals surface area contributed by atoms with Crippen LogP contribution in [0.25, 0.3) is 15.8 Å². The minimum Gasteiger partial charge on any atom is -0.397 e. The van der Waals surface area contributed by atoms with Crippen molar-refractivity contribution in [1.29, 1.82) is 0 Å². The maximum atomic E-state index is 11.7. The van der Waals surface area contributed by atoms with Crippen molar-refractivity contribution < 1.29 is 4.79 Å². The number of allylic oxidation sites excluding steroid dienone is 3. The number of carbonyl (C=O) groups is 1. The van der Waals surface area contributed by atoms with Crippen LogP contribution in [0, 0.1) is 5.41 Å². The van der Waals surface area contributed by atoms with Gasteiger partial charge in [-0.3, -0.25) is 4.79 Å². The van der Waals surface area contributed by atoms with E-state index in [4.69, 9.17) is 16.5 Å². The standard InChI is InChI=1S/C19H23N3OS/c1-5-10(6-2)13-11-9-19(3,4)8-7-12(11)22-18-14(13)15(20)16(24-18)17(21)23/h5-6H,1,7-9,20H2,2-4H3,(H2,21,23)/b10-6+. The Morgan fingerprint density at radius 1 is 1.42 bits per heavy atom. The van der Waals surface area contributed by atoms with Gasteiger partial charge in [-0.1, -0.05) is 32.6 Å². The summed E-state index contributed by atoms with van der Waals surface area (Å²) >= 11 is 1.29. The smallest absolute Gasteiger partial charge is 0.260 e. The molecule has 0 bridgehead atoms. The van der Waals surface area contributed by atoms with Crippen LogP contribution in [-0.2, 0) is 12.8 Å². The molecule has 24 heavy (non-hydrogen) atoms. The van der Waals surface area contributed by atoms with Gasteiger partial charge in [-0.05, 0) is 48.3 Å². The van der Waals surface area contributed by atoms with E-state index in [1.54, 1.807) is 0 Å². The molecule has 126 valence electrons. The van der Waals surface area contributed by atoms with Crippen molar-refractivity contribution in [3.8, 4) is 0 Å². The highest BCUT2D eigenvalue weighted by molar-refractivity contribution is 7.21. The molecule has 0 saturated heterocycles. The summed E-state index contributed by atoms with van der Waals surface area (Å²) in [5, 5.41) is 0.846. The summed E-state index contributed by atoms with van der Waals surface area (Å²) in [5.74, 6) is -0.500. The van der Waals surface area contributed by atoms with Crippen LogP contribution in [0.1, 0.15) is 53.7 Å². The molecule has 1 amide bonds. The van der Waals surface area contributed by atoms with Gasteiger partial charge >= 0.3 is 0 Å². The van der Waals surface area contributed by atoms with E-state index >= 15 is 0 Å². The highest BCUT2D eigenvalue weighted by Crippen LogP contribution is 2.44. The number of hydrogen-bond acceptors (Lipinski definition) is 4. The van der Waals surface area contributed by atoms with Crippen molar-refractivity contribution in [2.45, 2.75) is 40.0 Å². The largest absolute Gasteiger partial charge is 0.397 e. The fourth-order valence-electron chi connectivity index (χ4n) is 3.52. The maximum absolute atomic E-state index is 11.7. The van der Waals surface area contributed by atoms with Gasteiger partial charge in [0, 0.05) is 11.1 Å². The van der Waals surface area contributed by atoms with Gasteiger partial charge in [0.15, 0.2) is 0 Å². The Kier molecular flexibility index (Phi) is 4.00. The predicted molar refractivity (Wildman–Crippen MR) is 102 cm³/mol. The van der Waals surface area contributed by atoms with Crippen molar-refractivity contribution in [2.24, 2.45) is 11.1 Å². The van der Waals surface area contributed by atoms with E-state index < -0.39 is 5.91 Å². The lowest BCUT2D eigenvalue weighted by molar-refractivity contribution is 0.100. The molecule has 0 saturated carbocycles. The molecule has 0 fully saturated rings. The quantitative estimate of drug-likeness (QED) is 0.825. The average Bonchev–Trinajstić information content (AvgIpc) is 2.84. The van der Waals surface area contributed by atoms with Crippen molar-refractivity contribution in [1.82, 2.24) is 4.98 Å². The van der Waals surface area contributed by atoms with E-state index in [9.17, 15) is 4.79 Å². The predicted octanol–water partition coefficient (Wildman–Crippen LogP) is 4.08. The number of rotatable bonds is 3. The zero-order valence-corrected chi connectivity index (χ0v) is 15.2. The van der Waals surface area contributed by atoms with Crippen LogP contribution in [0.2, 0.25) is 0 Å². The molecule has 0 unspecified atom stereocenters. The number of nitrogens with two attached hydrogens (primary N) is 2. The first-order chi connectivity index (χ1) is 11.3. The molecule has 5 heteroatoms. The molecule has 0 aliphatic heterocycles. The van der Waals surface area contributed by atoms with Crippen molar-refractivity contribution in [2.75, 3.05) is 5.73 Å². The molecule has 0 atom stereocenters. The topological polar surface area (TPSA) is 82.0 Å². The molecular weight excluding hydrogens is 318 g/mol. The zero-order valence-electron chi connectivity index (χ0n) is 14.4. The van der Waals surface area contributed by atoms with Crippen molar-refractivity contribution in [3.05, 3.63) is 40.4 Å². The SMILES string of the molecule is C=C/C(=C\C)c1c2c(nc3sc(C(N)=O)c(N)c13)CCC(C)(C)C2. The number of anilines is 1. The fourth-order valence-corrected chi connectivity index (χ4v) is 4.50. The number of pyridine rings is 1. The molecular formula is C19H23N3OS. The zero-order chi connectivity index (χ0) is 17.6. The van der Waals surface area contributed by atoms with Crippen LogP contribution in [0.4, 0.5) is 5.69 Å². The van der Waals surface area contributed by atoms with Crippen LogP contribution < -0.4 is 11.5 Å². The van der Waals surface area contributed by atoms with E-state index in [-0.39, 0.29) is 5.41 Å². The summed E-state index contributed by atoms with van der Waals surface area (Å²) in [6, 6.07) is 0. The van der Waals surface area contributed by atoms with Crippen LogP contribution in [-0.4, -0.2) is 10.9 Å². The number of aryl methyl sites for hydroxylation is 1. The third-order valence-corrected chi connectivity index (χ3v) is 5.91. The summed E-state index contributed by atoms with van der Waals surface area (Å²) in [4.78, 5) is 17.7. The normalized spacial score (nSPS) is 16.9. The second-order valence-electron chi connectivity index (χ2n) is 7.09. The molecule has 0 spiro atoms. The Bertz CT molecular complexity index is 890. The number of aromatic nitrogens is 1. The van der Waals surface area contributed by atoms with E-state index in [0.717, 1.165) is 46.3 Å². The maximum Gasteiger partial charge on any atom is 0.260 e. The molecule has 1 aliphatic carbocycles. The summed E-state index contributed by atoms with van der Waals surface area (Å²) in [7, 11) is 0. The Morgan fingerprint density at radius 3 is 2.71 bits per heavy atom. The minimum atomic E-state index is -0.500. The molecule has 0 radical (unpaired) electrons. The van der Waals surface area contributed by atoms with Gasteiger partial charge in [0.2, 0.25) is 0 Å². The van der Waals surface area contributed by atoms with Crippen LogP contribution in [0.5, 0.6) is 0 Å². The molecule has 3 rings (SSSR count). The van der Waals surface area contributed by atoms with Gasteiger partial charge in [-0.15, -0.1) is 11.3 Å². The average molecular weight is 341 g/mol. The summed E-state index contributed by atoms with van der Waals surface area (Å²) in [6.07, 6.45) is 6.85. The Morgan fingerprint density at radius 2 is 2.12 bits per heavy atom. The summed E-state index contributed by atoms with van der Waals surface area (Å²) in [5.41, 5.74) is 16.9. The minimum absolute atomic E-state index is 0.217. The number of thiophene rings is 1. The number of amides is 1. The second-order valence-corrected chi connectivity index (χ2v) is 8.09. The second kappa shape index (κ2) is 5.74. The highest BCUT2D eigenvalue weighted by atomic mass is 32.1. The molecule has 4 N–H and O–H groups in total. The van der Waals surface area contributed by atoms with E-state index in [1.165, 1.54) is 16.9 Å². The number of primary amides is 1. The number of hydrogen-bond donors (Lipinski definition) is 2. The number of nitrogens with zero attached hydrogens (tertiary/aromatic N) is 1. The van der Waals surface area contributed by atoms with E-state index in [1.807, 2.05) is 19.1 Å². The van der Waals surface area contributed by atoms with E-state index in [0.29, 0.717) is 10.6 Å². The lowest BCUT2D eigenvalue weighted by atomic mass is 9.73. The number of nitrogen functional groups attached to an aromatic ring is 1. The molecule has 0 aromatic carbocycles. The first-order valence-corrected chi connectivity index (χ1v) is 8.93. The van der Waals surface area contributed by atoms with Crippen molar-refractivity contribution >= 4 is 38.7 Å². The van der Waals surface area contributed by atoms with Crippen molar-refractivity contribution in [3.63, 3.8) is 0 Å². The Balaban J connectivity index is 2.44. The van der Waals surface area contributed by atoms with Crippen LogP contribution in [0.15, 0.2) is 18.7 Å². The van der Waals surface area contributed by atoms with E-state index in [2.05, 4.69) is 20.4 Å². The lowest BCUT2D eigenvalue weighted by Crippen LogP contribution is -2.24. The molecule has 2 aromatic rings. The number of carbonyl (C=O) groups excluding carboxylic acids is 1. The highest BCUT2D eigenvalue weighted by Gasteiger charge is 2.31. The van der Waals surface area contributed by atoms with Gasteiger partial charge in [-0.25, -0.2) is 4.98 Å². The summed E-state index contributed by atoms with van der Waals surface area (Å²) < 4.78 is 0. The Labute approximate surface area is 146 Å². The third-order valence-electron chi connectivity index (χ3n) is 4.80. The van der Waals surface area contributed by atoms with Crippen LogP contribution >= 0.6 is 11.3 Å². The monoisotopic (exact) mass is 341 g/mol. The third kappa shape index (κ3) is 2.53. The van der Waals surface area contributed by atoms with Gasteiger partial charge in [0.1, 0.15) is 9.71 Å². The first kappa shape index (κ1) is 16.7. The molecule has 2 heterocycles.